The predicted molar refractivity (Wildman–Crippen MR) is 98.4 cm³/mol. The third-order valence-corrected chi connectivity index (χ3v) is 3.62. The lowest BCUT2D eigenvalue weighted by atomic mass is 10.2. The molecule has 1 N–H and O–H groups in total. The molecule has 0 aliphatic heterocycles. The van der Waals surface area contributed by atoms with Crippen LogP contribution in [-0.4, -0.2) is 21.8 Å². The zero-order valence-electron chi connectivity index (χ0n) is 15.2. The first kappa shape index (κ1) is 19.9. The van der Waals surface area contributed by atoms with Crippen LogP contribution in [0.5, 0.6) is 11.8 Å². The van der Waals surface area contributed by atoms with Crippen molar-refractivity contribution >= 4 is 17.7 Å². The number of esters is 1. The van der Waals surface area contributed by atoms with E-state index >= 15 is 0 Å². The molecule has 0 bridgehead atoms. The Morgan fingerprint density at radius 2 is 1.79 bits per heavy atom. The van der Waals surface area contributed by atoms with Gasteiger partial charge in [-0.2, -0.15) is 4.98 Å². The van der Waals surface area contributed by atoms with Gasteiger partial charge in [-0.05, 0) is 29.8 Å². The molecule has 29 heavy (non-hydrogen) atoms. The number of halogens is 2. The van der Waals surface area contributed by atoms with Gasteiger partial charge in [0.1, 0.15) is 18.2 Å². The minimum atomic E-state index is -0.877. The summed E-state index contributed by atoms with van der Waals surface area (Å²) in [6, 6.07) is 11.4. The maximum atomic E-state index is 14.0. The third-order valence-electron chi connectivity index (χ3n) is 3.62. The molecule has 0 fully saturated rings. The number of carbonyl (C=O) groups is 2. The fraction of sp³-hybridized carbons (Fsp3) is 0.100. The van der Waals surface area contributed by atoms with Crippen molar-refractivity contribution in [3.8, 4) is 11.8 Å². The van der Waals surface area contributed by atoms with E-state index in [1.54, 1.807) is 12.1 Å². The fourth-order valence-electron chi connectivity index (χ4n) is 2.31. The van der Waals surface area contributed by atoms with Crippen LogP contribution in [0.25, 0.3) is 0 Å². The highest BCUT2D eigenvalue weighted by Gasteiger charge is 2.17. The summed E-state index contributed by atoms with van der Waals surface area (Å²) in [6.07, 6.45) is 0.848. The Labute approximate surface area is 164 Å². The van der Waals surface area contributed by atoms with Crippen LogP contribution >= 0.6 is 0 Å². The molecule has 148 valence electrons. The number of para-hydroxylation sites is 1. The maximum Gasteiger partial charge on any atom is 0.318 e. The van der Waals surface area contributed by atoms with Crippen LogP contribution < -0.4 is 14.8 Å². The van der Waals surface area contributed by atoms with Gasteiger partial charge >= 0.3 is 12.0 Å². The Kier molecular flexibility index (Phi) is 6.08. The molecule has 1 amide bonds. The number of anilines is 1. The second kappa shape index (κ2) is 8.87. The second-order valence-electron chi connectivity index (χ2n) is 5.81. The first-order chi connectivity index (χ1) is 13.9. The minimum absolute atomic E-state index is 0.0224. The Morgan fingerprint density at radius 1 is 1.07 bits per heavy atom. The lowest BCUT2D eigenvalue weighted by Crippen LogP contribution is -2.17. The Morgan fingerprint density at radius 3 is 2.52 bits per heavy atom. The monoisotopic (exact) mass is 399 g/mol. The average molecular weight is 399 g/mol. The van der Waals surface area contributed by atoms with Crippen molar-refractivity contribution in [3.05, 3.63) is 77.5 Å². The van der Waals surface area contributed by atoms with Crippen LogP contribution in [0.3, 0.4) is 0 Å². The summed E-state index contributed by atoms with van der Waals surface area (Å²) in [5.74, 6) is -2.97. The van der Waals surface area contributed by atoms with E-state index in [2.05, 4.69) is 15.3 Å². The molecule has 2 aromatic carbocycles. The molecule has 0 aliphatic rings. The van der Waals surface area contributed by atoms with Gasteiger partial charge in [0.05, 0.1) is 11.8 Å². The molecule has 3 aromatic rings. The first-order valence-corrected chi connectivity index (χ1v) is 8.41. The molecular formula is C20H15F2N3O4. The van der Waals surface area contributed by atoms with Crippen molar-refractivity contribution in [1.82, 2.24) is 9.97 Å². The summed E-state index contributed by atoms with van der Waals surface area (Å²) in [5.41, 5.74) is 0.676. The summed E-state index contributed by atoms with van der Waals surface area (Å²) in [4.78, 5) is 31.2. The van der Waals surface area contributed by atoms with E-state index in [9.17, 15) is 18.4 Å². The molecule has 0 saturated heterocycles. The maximum absolute atomic E-state index is 14.0. The Hall–Kier alpha value is -3.88. The van der Waals surface area contributed by atoms with Crippen molar-refractivity contribution in [2.24, 2.45) is 0 Å². The van der Waals surface area contributed by atoms with E-state index in [1.807, 2.05) is 0 Å². The van der Waals surface area contributed by atoms with Crippen molar-refractivity contribution in [3.63, 3.8) is 0 Å². The smallest absolute Gasteiger partial charge is 0.318 e. The van der Waals surface area contributed by atoms with Crippen molar-refractivity contribution in [2.75, 3.05) is 5.32 Å². The molecule has 0 radical (unpaired) electrons. The van der Waals surface area contributed by atoms with Crippen LogP contribution in [0, 0.1) is 11.6 Å². The summed E-state index contributed by atoms with van der Waals surface area (Å²) in [6.45, 7) is 1.22. The number of nitrogens with zero attached hydrogens (tertiary/aromatic N) is 2. The molecule has 0 aliphatic carbocycles. The zero-order chi connectivity index (χ0) is 20.8. The van der Waals surface area contributed by atoms with Gasteiger partial charge < -0.3 is 14.8 Å². The van der Waals surface area contributed by atoms with Crippen LogP contribution in [0.2, 0.25) is 0 Å². The van der Waals surface area contributed by atoms with E-state index in [-0.39, 0.29) is 29.7 Å². The highest BCUT2D eigenvalue weighted by Crippen LogP contribution is 2.21. The number of hydrogen-bond donors (Lipinski definition) is 1. The summed E-state index contributed by atoms with van der Waals surface area (Å²) >= 11 is 0. The molecule has 1 heterocycles. The van der Waals surface area contributed by atoms with Gasteiger partial charge in [0.2, 0.25) is 0 Å². The van der Waals surface area contributed by atoms with E-state index in [0.717, 1.165) is 6.20 Å². The molecule has 7 nitrogen and oxygen atoms in total. The summed E-state index contributed by atoms with van der Waals surface area (Å²) < 4.78 is 37.3. The van der Waals surface area contributed by atoms with Crippen molar-refractivity contribution < 1.29 is 27.8 Å². The molecular weight excluding hydrogens is 384 g/mol. The number of carbonyl (C=O) groups excluding carboxylic acids is 2. The van der Waals surface area contributed by atoms with Crippen molar-refractivity contribution in [1.29, 1.82) is 0 Å². The average Bonchev–Trinajstić information content (AvgIpc) is 2.69. The standard InChI is InChI=1S/C20H15F2N3O4/c1-12(26)29-17-5-3-2-4-15(17)19(27)24-18-16(22)10-23-20(25-18)28-11-13-6-8-14(21)9-7-13/h2-10H,11H2,1H3,(H,23,24,25,27). The van der Waals surface area contributed by atoms with E-state index in [4.69, 9.17) is 9.47 Å². The first-order valence-electron chi connectivity index (χ1n) is 8.41. The molecule has 0 saturated carbocycles. The van der Waals surface area contributed by atoms with Gasteiger partial charge in [0.15, 0.2) is 11.6 Å². The second-order valence-corrected chi connectivity index (χ2v) is 5.81. The van der Waals surface area contributed by atoms with E-state index in [1.165, 1.54) is 43.3 Å². The molecule has 0 spiro atoms. The number of nitrogens with one attached hydrogen (secondary N) is 1. The highest BCUT2D eigenvalue weighted by atomic mass is 19.1. The quantitative estimate of drug-likeness (QED) is 0.504. The van der Waals surface area contributed by atoms with Crippen LogP contribution in [-0.2, 0) is 11.4 Å². The Balaban J connectivity index is 1.74. The van der Waals surface area contributed by atoms with Gasteiger partial charge in [0, 0.05) is 6.92 Å². The third kappa shape index (κ3) is 5.32. The SMILES string of the molecule is CC(=O)Oc1ccccc1C(=O)Nc1nc(OCc2ccc(F)cc2)ncc1F. The summed E-state index contributed by atoms with van der Waals surface area (Å²) in [7, 11) is 0. The number of ether oxygens (including phenoxy) is 2. The van der Waals surface area contributed by atoms with Gasteiger partial charge in [-0.15, -0.1) is 0 Å². The number of benzene rings is 2. The van der Waals surface area contributed by atoms with Gasteiger partial charge in [0.25, 0.3) is 5.91 Å². The minimum Gasteiger partial charge on any atom is -0.459 e. The molecule has 0 atom stereocenters. The van der Waals surface area contributed by atoms with Gasteiger partial charge in [-0.25, -0.2) is 13.8 Å². The van der Waals surface area contributed by atoms with Crippen LogP contribution in [0.4, 0.5) is 14.6 Å². The van der Waals surface area contributed by atoms with Gasteiger partial charge in [-0.3, -0.25) is 9.59 Å². The normalized spacial score (nSPS) is 10.3. The molecule has 3 rings (SSSR count). The molecule has 1 aromatic heterocycles. The highest BCUT2D eigenvalue weighted by molar-refractivity contribution is 6.06. The number of rotatable bonds is 6. The lowest BCUT2D eigenvalue weighted by molar-refractivity contribution is -0.131. The topological polar surface area (TPSA) is 90.4 Å². The number of amides is 1. The largest absolute Gasteiger partial charge is 0.459 e. The predicted octanol–water partition coefficient (Wildman–Crippen LogP) is 3.51. The Bertz CT molecular complexity index is 1040. The fourth-order valence-corrected chi connectivity index (χ4v) is 2.31. The lowest BCUT2D eigenvalue weighted by Gasteiger charge is -2.10. The number of aromatic nitrogens is 2. The van der Waals surface area contributed by atoms with Gasteiger partial charge in [-0.1, -0.05) is 24.3 Å². The van der Waals surface area contributed by atoms with Crippen LogP contribution in [0.1, 0.15) is 22.8 Å². The van der Waals surface area contributed by atoms with E-state index < -0.39 is 23.5 Å². The number of hydrogen-bond acceptors (Lipinski definition) is 6. The zero-order valence-corrected chi connectivity index (χ0v) is 15.2. The van der Waals surface area contributed by atoms with E-state index in [0.29, 0.717) is 5.56 Å². The molecule has 9 heteroatoms. The van der Waals surface area contributed by atoms with Crippen LogP contribution in [0.15, 0.2) is 54.7 Å². The van der Waals surface area contributed by atoms with Crippen molar-refractivity contribution in [2.45, 2.75) is 13.5 Å². The summed E-state index contributed by atoms with van der Waals surface area (Å²) in [5, 5.41) is 2.30. The molecule has 0 unspecified atom stereocenters.